The number of hydrogen-bond donors (Lipinski definition) is 2. The fourth-order valence-electron chi connectivity index (χ4n) is 2.79. The molecule has 0 amide bonds. The molecule has 2 aromatic rings. The Morgan fingerprint density at radius 1 is 1.50 bits per heavy atom. The van der Waals surface area contributed by atoms with Crippen LogP contribution in [0.5, 0.6) is 5.75 Å². The van der Waals surface area contributed by atoms with Crippen LogP contribution in [0, 0.1) is 0 Å². The first-order chi connectivity index (χ1) is 10.6. The van der Waals surface area contributed by atoms with Gasteiger partial charge in [-0.15, -0.1) is 0 Å². The summed E-state index contributed by atoms with van der Waals surface area (Å²) >= 11 is 0. The van der Waals surface area contributed by atoms with Crippen LogP contribution in [0.15, 0.2) is 29.2 Å². The van der Waals surface area contributed by atoms with Crippen LogP contribution in [0.1, 0.15) is 12.6 Å². The summed E-state index contributed by atoms with van der Waals surface area (Å²) < 4.78 is 6.59. The Morgan fingerprint density at radius 3 is 3.00 bits per heavy atom. The van der Waals surface area contributed by atoms with Crippen molar-refractivity contribution in [2.45, 2.75) is 25.6 Å². The van der Waals surface area contributed by atoms with Crippen molar-refractivity contribution in [3.8, 4) is 5.75 Å². The first kappa shape index (κ1) is 15.0. The van der Waals surface area contributed by atoms with E-state index in [1.54, 1.807) is 12.3 Å². The van der Waals surface area contributed by atoms with E-state index < -0.39 is 6.10 Å². The maximum atomic E-state index is 12.1. The molecule has 7 heteroatoms. The van der Waals surface area contributed by atoms with Crippen LogP contribution in [-0.2, 0) is 11.3 Å². The molecule has 0 aliphatic carbocycles. The van der Waals surface area contributed by atoms with Gasteiger partial charge in [0.15, 0.2) is 11.4 Å². The normalized spacial score (nSPS) is 21.8. The van der Waals surface area contributed by atoms with Gasteiger partial charge in [0.1, 0.15) is 0 Å². The summed E-state index contributed by atoms with van der Waals surface area (Å²) in [5.41, 5.74) is 0.562. The van der Waals surface area contributed by atoms with E-state index >= 15 is 0 Å². The van der Waals surface area contributed by atoms with E-state index in [-0.39, 0.29) is 23.0 Å². The van der Waals surface area contributed by atoms with E-state index in [9.17, 15) is 15.0 Å². The zero-order valence-electron chi connectivity index (χ0n) is 12.3. The average Bonchev–Trinajstić information content (AvgIpc) is 2.92. The number of aromatic nitrogens is 2. The van der Waals surface area contributed by atoms with Gasteiger partial charge in [-0.1, -0.05) is 6.92 Å². The SMILES string of the molecule is CCN(Cc1cc(=O)n2cccc(O)c2n1)[C@H]1COC[C@@H]1O. The highest BCUT2D eigenvalue weighted by atomic mass is 16.5. The second kappa shape index (κ2) is 6.04. The maximum Gasteiger partial charge on any atom is 0.258 e. The van der Waals surface area contributed by atoms with Gasteiger partial charge in [-0.3, -0.25) is 14.1 Å². The first-order valence-corrected chi connectivity index (χ1v) is 7.30. The molecule has 0 bridgehead atoms. The molecule has 118 valence electrons. The predicted molar refractivity (Wildman–Crippen MR) is 79.8 cm³/mol. The monoisotopic (exact) mass is 305 g/mol. The summed E-state index contributed by atoms with van der Waals surface area (Å²) in [4.78, 5) is 18.5. The molecule has 7 nitrogen and oxygen atoms in total. The highest BCUT2D eigenvalue weighted by Gasteiger charge is 2.31. The number of hydrogen-bond acceptors (Lipinski definition) is 6. The Morgan fingerprint density at radius 2 is 2.32 bits per heavy atom. The van der Waals surface area contributed by atoms with Crippen LogP contribution in [0.25, 0.3) is 5.65 Å². The van der Waals surface area contributed by atoms with Crippen molar-refractivity contribution < 1.29 is 14.9 Å². The van der Waals surface area contributed by atoms with Crippen molar-refractivity contribution in [2.75, 3.05) is 19.8 Å². The molecule has 2 N–H and O–H groups in total. The minimum Gasteiger partial charge on any atom is -0.504 e. The molecule has 2 atom stereocenters. The zero-order valence-corrected chi connectivity index (χ0v) is 12.3. The van der Waals surface area contributed by atoms with Crippen molar-refractivity contribution in [1.29, 1.82) is 0 Å². The average molecular weight is 305 g/mol. The topological polar surface area (TPSA) is 87.3 Å². The van der Waals surface area contributed by atoms with Gasteiger partial charge in [-0.25, -0.2) is 4.98 Å². The molecule has 3 rings (SSSR count). The Balaban J connectivity index is 1.93. The third kappa shape index (κ3) is 2.70. The molecule has 1 aliphatic rings. The van der Waals surface area contributed by atoms with E-state index in [4.69, 9.17) is 4.74 Å². The van der Waals surface area contributed by atoms with E-state index in [1.165, 1.54) is 16.5 Å². The second-order valence-electron chi connectivity index (χ2n) is 5.41. The van der Waals surface area contributed by atoms with Gasteiger partial charge in [0.2, 0.25) is 0 Å². The highest BCUT2D eigenvalue weighted by Crippen LogP contribution is 2.17. The fourth-order valence-corrected chi connectivity index (χ4v) is 2.79. The van der Waals surface area contributed by atoms with Gasteiger partial charge < -0.3 is 14.9 Å². The largest absolute Gasteiger partial charge is 0.504 e. The number of aromatic hydroxyl groups is 1. The van der Waals surface area contributed by atoms with E-state index in [2.05, 4.69) is 4.98 Å². The summed E-state index contributed by atoms with van der Waals surface area (Å²) in [5.74, 6) is -0.0336. The molecule has 0 unspecified atom stereocenters. The number of nitrogens with zero attached hydrogens (tertiary/aromatic N) is 3. The van der Waals surface area contributed by atoms with Crippen molar-refractivity contribution in [3.63, 3.8) is 0 Å². The van der Waals surface area contributed by atoms with Crippen LogP contribution in [0.2, 0.25) is 0 Å². The molecular formula is C15H19N3O4. The number of aliphatic hydroxyl groups excluding tert-OH is 1. The van der Waals surface area contributed by atoms with E-state index in [1.807, 2.05) is 11.8 Å². The smallest absolute Gasteiger partial charge is 0.258 e. The minimum absolute atomic E-state index is 0.0336. The number of ether oxygens (including phenoxy) is 1. The minimum atomic E-state index is -0.532. The van der Waals surface area contributed by atoms with Crippen molar-refractivity contribution in [3.05, 3.63) is 40.4 Å². The molecule has 0 aromatic carbocycles. The number of aliphatic hydroxyl groups is 1. The molecule has 22 heavy (non-hydrogen) atoms. The molecule has 3 heterocycles. The summed E-state index contributed by atoms with van der Waals surface area (Å²) in [6.07, 6.45) is 1.04. The second-order valence-corrected chi connectivity index (χ2v) is 5.41. The van der Waals surface area contributed by atoms with E-state index in [0.717, 1.165) is 0 Å². The molecule has 1 saturated heterocycles. The number of fused-ring (bicyclic) bond motifs is 1. The van der Waals surface area contributed by atoms with Crippen molar-refractivity contribution in [1.82, 2.24) is 14.3 Å². The molecule has 0 radical (unpaired) electrons. The summed E-state index contributed by atoms with van der Waals surface area (Å²) in [5, 5.41) is 19.8. The van der Waals surface area contributed by atoms with Crippen LogP contribution < -0.4 is 5.56 Å². The third-order valence-corrected chi connectivity index (χ3v) is 3.99. The number of rotatable bonds is 4. The molecular weight excluding hydrogens is 286 g/mol. The zero-order chi connectivity index (χ0) is 15.7. The van der Waals surface area contributed by atoms with Gasteiger partial charge in [0.05, 0.1) is 31.1 Å². The number of pyridine rings is 1. The molecule has 1 fully saturated rings. The van der Waals surface area contributed by atoms with Crippen LogP contribution >= 0.6 is 0 Å². The summed E-state index contributed by atoms with van der Waals surface area (Å²) in [6.45, 7) is 3.90. The van der Waals surface area contributed by atoms with Crippen molar-refractivity contribution in [2.24, 2.45) is 0 Å². The van der Waals surface area contributed by atoms with Gasteiger partial charge in [-0.05, 0) is 18.7 Å². The van der Waals surface area contributed by atoms with Crippen LogP contribution in [0.3, 0.4) is 0 Å². The molecule has 1 aliphatic heterocycles. The standard InChI is InChI=1S/C15H19N3O4/c1-2-17(11-8-22-9-13(11)20)7-10-6-14(21)18-5-3-4-12(19)15(18)16-10/h3-6,11,13,19-20H,2,7-9H2,1H3/t11-,13-/m0/s1. The Kier molecular flexibility index (Phi) is 4.10. The lowest BCUT2D eigenvalue weighted by molar-refractivity contribution is 0.0801. The summed E-state index contributed by atoms with van der Waals surface area (Å²) in [7, 11) is 0. The first-order valence-electron chi connectivity index (χ1n) is 7.30. The highest BCUT2D eigenvalue weighted by molar-refractivity contribution is 5.52. The Labute approximate surface area is 127 Å². The van der Waals surface area contributed by atoms with Gasteiger partial charge in [-0.2, -0.15) is 0 Å². The lowest BCUT2D eigenvalue weighted by Crippen LogP contribution is -2.42. The molecule has 0 saturated carbocycles. The van der Waals surface area contributed by atoms with Crippen LogP contribution in [-0.4, -0.2) is 56.4 Å². The molecule has 0 spiro atoms. The fraction of sp³-hybridized carbons (Fsp3) is 0.467. The maximum absolute atomic E-state index is 12.1. The predicted octanol–water partition coefficient (Wildman–Crippen LogP) is -0.0183. The number of likely N-dealkylation sites (N-methyl/N-ethyl adjacent to an activating group) is 1. The molecule has 2 aromatic heterocycles. The van der Waals surface area contributed by atoms with Crippen molar-refractivity contribution >= 4 is 5.65 Å². The van der Waals surface area contributed by atoms with Gasteiger partial charge in [0, 0.05) is 18.8 Å². The van der Waals surface area contributed by atoms with Crippen LogP contribution in [0.4, 0.5) is 0 Å². The third-order valence-electron chi connectivity index (χ3n) is 3.99. The summed E-state index contributed by atoms with van der Waals surface area (Å²) in [6, 6.07) is 4.44. The van der Waals surface area contributed by atoms with E-state index in [0.29, 0.717) is 32.0 Å². The Hall–Kier alpha value is -1.96. The quantitative estimate of drug-likeness (QED) is 0.825. The van der Waals surface area contributed by atoms with Gasteiger partial charge >= 0.3 is 0 Å². The van der Waals surface area contributed by atoms with Gasteiger partial charge in [0.25, 0.3) is 5.56 Å². The lowest BCUT2D eigenvalue weighted by atomic mass is 10.1. The lowest BCUT2D eigenvalue weighted by Gasteiger charge is -2.28. The Bertz CT molecular complexity index is 730.